The van der Waals surface area contributed by atoms with Crippen LogP contribution in [0.2, 0.25) is 5.02 Å². The van der Waals surface area contributed by atoms with Crippen LogP contribution in [0.3, 0.4) is 0 Å². The molecule has 1 aromatic heterocycles. The number of hydrogen-bond acceptors (Lipinski definition) is 6. The summed E-state index contributed by atoms with van der Waals surface area (Å²) >= 11 is 5.65. The van der Waals surface area contributed by atoms with E-state index in [-0.39, 0.29) is 18.1 Å². The van der Waals surface area contributed by atoms with E-state index in [0.717, 1.165) is 0 Å². The Labute approximate surface area is 110 Å². The van der Waals surface area contributed by atoms with Gasteiger partial charge in [-0.1, -0.05) is 11.6 Å². The van der Waals surface area contributed by atoms with E-state index >= 15 is 0 Å². The zero-order chi connectivity index (χ0) is 13.4. The minimum absolute atomic E-state index is 0.0288. The number of aliphatic hydroxyl groups is 2. The second-order valence-electron chi connectivity index (χ2n) is 4.24. The van der Waals surface area contributed by atoms with Crippen molar-refractivity contribution in [2.75, 3.05) is 19.7 Å². The van der Waals surface area contributed by atoms with E-state index in [2.05, 4.69) is 10.3 Å². The Morgan fingerprint density at radius 3 is 2.83 bits per heavy atom. The van der Waals surface area contributed by atoms with Crippen molar-refractivity contribution in [3.05, 3.63) is 23.4 Å². The molecule has 0 amide bonds. The average Bonchev–Trinajstić information content (AvgIpc) is 2.73. The van der Waals surface area contributed by atoms with Gasteiger partial charge in [-0.25, -0.2) is 13.4 Å². The summed E-state index contributed by atoms with van der Waals surface area (Å²) in [4.78, 5) is 3.75. The summed E-state index contributed by atoms with van der Waals surface area (Å²) in [5.74, 6) is 0. The molecule has 0 unspecified atom stereocenters. The fraction of sp³-hybridized carbons (Fsp3) is 0.500. The van der Waals surface area contributed by atoms with Crippen LogP contribution < -0.4 is 5.32 Å². The summed E-state index contributed by atoms with van der Waals surface area (Å²) < 4.78 is 24.6. The first kappa shape index (κ1) is 13.7. The highest BCUT2D eigenvalue weighted by Crippen LogP contribution is 2.26. The molecule has 2 atom stereocenters. The highest BCUT2D eigenvalue weighted by Gasteiger charge is 2.49. The lowest BCUT2D eigenvalue weighted by atomic mass is 10.1. The summed E-state index contributed by atoms with van der Waals surface area (Å²) in [5, 5.41) is 21.0. The molecule has 0 bridgehead atoms. The molecule has 1 saturated heterocycles. The maximum atomic E-state index is 12.3. The van der Waals surface area contributed by atoms with Crippen LogP contribution in [0.25, 0.3) is 0 Å². The fourth-order valence-electron chi connectivity index (χ4n) is 1.96. The maximum Gasteiger partial charge on any atom is 0.202 e. The zero-order valence-electron chi connectivity index (χ0n) is 9.38. The van der Waals surface area contributed by atoms with Crippen molar-refractivity contribution in [1.82, 2.24) is 10.3 Å². The molecule has 18 heavy (non-hydrogen) atoms. The Bertz CT molecular complexity index is 533. The first-order valence-corrected chi connectivity index (χ1v) is 7.22. The van der Waals surface area contributed by atoms with E-state index in [1.54, 1.807) is 0 Å². The van der Waals surface area contributed by atoms with E-state index in [9.17, 15) is 13.5 Å². The van der Waals surface area contributed by atoms with Crippen LogP contribution in [0, 0.1) is 0 Å². The number of pyridine rings is 1. The lowest BCUT2D eigenvalue weighted by molar-refractivity contribution is 0.00574. The Balaban J connectivity index is 2.40. The molecular formula is C10H13ClN2O4S. The monoisotopic (exact) mass is 292 g/mol. The molecule has 0 saturated carbocycles. The van der Waals surface area contributed by atoms with Crippen molar-refractivity contribution in [2.24, 2.45) is 0 Å². The molecule has 8 heteroatoms. The van der Waals surface area contributed by atoms with Gasteiger partial charge in [-0.15, -0.1) is 0 Å². The van der Waals surface area contributed by atoms with Gasteiger partial charge in [-0.2, -0.15) is 0 Å². The first-order valence-electron chi connectivity index (χ1n) is 5.29. The number of aromatic nitrogens is 1. The van der Waals surface area contributed by atoms with Gasteiger partial charge in [-0.05, 0) is 12.1 Å². The van der Waals surface area contributed by atoms with Crippen molar-refractivity contribution in [3.63, 3.8) is 0 Å². The van der Waals surface area contributed by atoms with Crippen LogP contribution in [0.1, 0.15) is 0 Å². The van der Waals surface area contributed by atoms with Crippen molar-refractivity contribution >= 4 is 21.4 Å². The topological polar surface area (TPSA) is 99.5 Å². The van der Waals surface area contributed by atoms with Crippen molar-refractivity contribution in [1.29, 1.82) is 0 Å². The number of hydrogen-bond donors (Lipinski definition) is 3. The second-order valence-corrected chi connectivity index (χ2v) is 6.75. The van der Waals surface area contributed by atoms with Gasteiger partial charge in [-0.3, -0.25) is 0 Å². The van der Waals surface area contributed by atoms with Gasteiger partial charge in [0.15, 0.2) is 5.03 Å². The molecule has 2 heterocycles. The summed E-state index contributed by atoms with van der Waals surface area (Å²) in [7, 11) is -3.82. The van der Waals surface area contributed by atoms with Crippen molar-refractivity contribution in [2.45, 2.75) is 15.9 Å². The molecule has 3 N–H and O–H groups in total. The Kier molecular flexibility index (Phi) is 3.61. The fourth-order valence-corrected chi connectivity index (χ4v) is 3.89. The molecule has 0 aliphatic carbocycles. The Hall–Kier alpha value is -0.730. The molecule has 0 aromatic carbocycles. The number of sulfone groups is 1. The van der Waals surface area contributed by atoms with Gasteiger partial charge in [0.2, 0.25) is 9.84 Å². The lowest BCUT2D eigenvalue weighted by Crippen LogP contribution is -2.49. The van der Waals surface area contributed by atoms with Gasteiger partial charge in [0, 0.05) is 19.3 Å². The van der Waals surface area contributed by atoms with Crippen LogP contribution in [0.5, 0.6) is 0 Å². The standard InChI is InChI=1S/C10H13ClN2O4S/c11-7-1-2-9(13-3-7)18(16,17)8-4-12-5-10(8,15)6-14/h1-3,8,12,14-15H,4-6H2/t8-,10+/m0/s1. The zero-order valence-corrected chi connectivity index (χ0v) is 10.9. The Morgan fingerprint density at radius 2 is 2.28 bits per heavy atom. The van der Waals surface area contributed by atoms with Crippen LogP contribution >= 0.6 is 11.6 Å². The highest BCUT2D eigenvalue weighted by atomic mass is 35.5. The van der Waals surface area contributed by atoms with Crippen LogP contribution in [0.15, 0.2) is 23.4 Å². The normalized spacial score (nSPS) is 28.5. The summed E-state index contributed by atoms with van der Waals surface area (Å²) in [6.45, 7) is -0.526. The van der Waals surface area contributed by atoms with Crippen molar-refractivity contribution in [3.8, 4) is 0 Å². The Morgan fingerprint density at radius 1 is 1.56 bits per heavy atom. The molecule has 6 nitrogen and oxygen atoms in total. The number of nitrogens with zero attached hydrogens (tertiary/aromatic N) is 1. The molecule has 1 aliphatic rings. The van der Waals surface area contributed by atoms with E-state index in [0.29, 0.717) is 5.02 Å². The molecule has 1 aromatic rings. The quantitative estimate of drug-likeness (QED) is 0.675. The highest BCUT2D eigenvalue weighted by molar-refractivity contribution is 7.92. The summed E-state index contributed by atoms with van der Waals surface area (Å²) in [5.41, 5.74) is -1.68. The van der Waals surface area contributed by atoms with Crippen LogP contribution in [-0.4, -0.2) is 54.2 Å². The van der Waals surface area contributed by atoms with Gasteiger partial charge >= 0.3 is 0 Å². The number of β-amino-alcohol motifs (C(OH)–C–C–N with tert-alkyl or cyclic N) is 1. The number of rotatable bonds is 3. The minimum Gasteiger partial charge on any atom is -0.393 e. The molecule has 2 rings (SSSR count). The summed E-state index contributed by atoms with van der Waals surface area (Å²) in [6, 6.07) is 2.70. The first-order chi connectivity index (χ1) is 8.40. The molecular weight excluding hydrogens is 280 g/mol. The minimum atomic E-state index is -3.82. The average molecular weight is 293 g/mol. The molecule has 1 aliphatic heterocycles. The van der Waals surface area contributed by atoms with Gasteiger partial charge in [0.1, 0.15) is 10.9 Å². The van der Waals surface area contributed by atoms with E-state index in [4.69, 9.17) is 16.7 Å². The third kappa shape index (κ3) is 2.24. The molecule has 100 valence electrons. The smallest absolute Gasteiger partial charge is 0.202 e. The van der Waals surface area contributed by atoms with E-state index in [1.165, 1.54) is 18.3 Å². The number of aliphatic hydroxyl groups excluding tert-OH is 1. The third-order valence-electron chi connectivity index (χ3n) is 3.00. The maximum absolute atomic E-state index is 12.3. The van der Waals surface area contributed by atoms with Gasteiger partial charge in [0.05, 0.1) is 11.6 Å². The van der Waals surface area contributed by atoms with E-state index < -0.39 is 27.3 Å². The summed E-state index contributed by atoms with van der Waals surface area (Å²) in [6.07, 6.45) is 1.23. The van der Waals surface area contributed by atoms with Crippen LogP contribution in [-0.2, 0) is 9.84 Å². The third-order valence-corrected chi connectivity index (χ3v) is 5.40. The predicted octanol–water partition coefficient (Wildman–Crippen LogP) is -0.796. The van der Waals surface area contributed by atoms with Crippen LogP contribution in [0.4, 0.5) is 0 Å². The van der Waals surface area contributed by atoms with E-state index in [1.807, 2.05) is 0 Å². The molecule has 0 radical (unpaired) electrons. The van der Waals surface area contributed by atoms with Gasteiger partial charge < -0.3 is 15.5 Å². The second kappa shape index (κ2) is 4.75. The SMILES string of the molecule is O=S(=O)(c1ccc(Cl)cn1)[C@H]1CNC[C@@]1(O)CO. The number of nitrogens with one attached hydrogen (secondary N) is 1. The lowest BCUT2D eigenvalue weighted by Gasteiger charge is -2.26. The molecule has 1 fully saturated rings. The number of halogens is 1. The van der Waals surface area contributed by atoms with Crippen molar-refractivity contribution < 1.29 is 18.6 Å². The van der Waals surface area contributed by atoms with Gasteiger partial charge in [0.25, 0.3) is 0 Å². The predicted molar refractivity (Wildman–Crippen MR) is 65.1 cm³/mol. The molecule has 0 spiro atoms. The largest absolute Gasteiger partial charge is 0.393 e.